The Morgan fingerprint density at radius 2 is 2.19 bits per heavy atom. The smallest absolute Gasteiger partial charge is 0.333 e. The van der Waals surface area contributed by atoms with Crippen LogP contribution in [-0.2, 0) is 11.8 Å². The third kappa shape index (κ3) is 2.62. The molecule has 3 heterocycles. The Morgan fingerprint density at radius 1 is 1.38 bits per heavy atom. The molecule has 26 heavy (non-hydrogen) atoms. The summed E-state index contributed by atoms with van der Waals surface area (Å²) in [6, 6.07) is 1.31. The molecule has 1 aliphatic carbocycles. The highest BCUT2D eigenvalue weighted by molar-refractivity contribution is 5.92. The summed E-state index contributed by atoms with van der Waals surface area (Å²) in [7, 11) is 0. The van der Waals surface area contributed by atoms with Crippen molar-refractivity contribution in [2.24, 2.45) is 0 Å². The van der Waals surface area contributed by atoms with E-state index in [1.54, 1.807) is 11.8 Å². The average Bonchev–Trinajstić information content (AvgIpc) is 3.21. The van der Waals surface area contributed by atoms with Gasteiger partial charge in [0, 0.05) is 30.3 Å². The zero-order chi connectivity index (χ0) is 18.5. The molecule has 1 aliphatic heterocycles. The predicted octanol–water partition coefficient (Wildman–Crippen LogP) is 1.79. The highest BCUT2D eigenvalue weighted by Crippen LogP contribution is 2.43. The van der Waals surface area contributed by atoms with E-state index in [4.69, 9.17) is 0 Å². The number of fused-ring (bicyclic) bond motifs is 2. The monoisotopic (exact) mass is 363 g/mol. The summed E-state index contributed by atoms with van der Waals surface area (Å²) in [6.45, 7) is -0.0587. The van der Waals surface area contributed by atoms with E-state index in [9.17, 15) is 18.4 Å². The van der Waals surface area contributed by atoms with Crippen molar-refractivity contribution in [1.82, 2.24) is 24.6 Å². The molecular weight excluding hydrogens is 344 g/mol. The number of rotatable bonds is 2. The molecule has 2 aromatic heterocycles. The SMILES string of the molecule is Cc1nc2c(c(=O)[nH]1)CCC21CCCN(C(=O)c2ccn(C(F)F)n2)C1. The second kappa shape index (κ2) is 6.00. The van der Waals surface area contributed by atoms with Crippen LogP contribution in [0.15, 0.2) is 17.1 Å². The van der Waals surface area contributed by atoms with Gasteiger partial charge in [-0.05, 0) is 38.7 Å². The van der Waals surface area contributed by atoms with Gasteiger partial charge < -0.3 is 9.88 Å². The lowest BCUT2D eigenvalue weighted by Crippen LogP contribution is -2.48. The minimum atomic E-state index is -2.77. The number of amides is 1. The molecule has 138 valence electrons. The number of carbonyl (C=O) groups is 1. The van der Waals surface area contributed by atoms with E-state index in [2.05, 4.69) is 15.1 Å². The van der Waals surface area contributed by atoms with E-state index in [1.807, 2.05) is 0 Å². The number of aromatic nitrogens is 4. The van der Waals surface area contributed by atoms with Crippen LogP contribution < -0.4 is 5.56 Å². The van der Waals surface area contributed by atoms with Crippen LogP contribution in [-0.4, -0.2) is 43.6 Å². The van der Waals surface area contributed by atoms with Gasteiger partial charge in [0.05, 0.1) is 5.69 Å². The lowest BCUT2D eigenvalue weighted by Gasteiger charge is -2.40. The van der Waals surface area contributed by atoms with Crippen LogP contribution in [0.1, 0.15) is 53.4 Å². The maximum absolute atomic E-state index is 12.7. The fourth-order valence-corrected chi connectivity index (χ4v) is 4.19. The molecule has 7 nitrogen and oxygen atoms in total. The van der Waals surface area contributed by atoms with E-state index in [0.717, 1.165) is 31.2 Å². The lowest BCUT2D eigenvalue weighted by atomic mass is 9.77. The molecule has 1 spiro atoms. The van der Waals surface area contributed by atoms with Crippen LogP contribution in [0.25, 0.3) is 0 Å². The van der Waals surface area contributed by atoms with Crippen molar-refractivity contribution in [3.8, 4) is 0 Å². The van der Waals surface area contributed by atoms with E-state index in [1.165, 1.54) is 6.07 Å². The molecule has 1 amide bonds. The van der Waals surface area contributed by atoms with Crippen LogP contribution in [0.5, 0.6) is 0 Å². The summed E-state index contributed by atoms with van der Waals surface area (Å²) in [5.41, 5.74) is 1.05. The number of nitrogens with one attached hydrogen (secondary N) is 1. The number of carbonyl (C=O) groups excluding carboxylic acids is 1. The normalized spacial score (nSPS) is 22.2. The van der Waals surface area contributed by atoms with Gasteiger partial charge in [0.1, 0.15) is 5.82 Å². The number of alkyl halides is 2. The van der Waals surface area contributed by atoms with E-state index in [0.29, 0.717) is 35.6 Å². The Balaban J connectivity index is 1.63. The Bertz CT molecular complexity index is 922. The highest BCUT2D eigenvalue weighted by Gasteiger charge is 2.45. The van der Waals surface area contributed by atoms with Gasteiger partial charge in [-0.15, -0.1) is 0 Å². The molecule has 1 fully saturated rings. The maximum Gasteiger partial charge on any atom is 0.333 e. The van der Waals surface area contributed by atoms with Gasteiger partial charge >= 0.3 is 6.55 Å². The molecule has 1 N–H and O–H groups in total. The number of hydrogen-bond acceptors (Lipinski definition) is 4. The van der Waals surface area contributed by atoms with Crippen molar-refractivity contribution in [2.45, 2.75) is 44.6 Å². The van der Waals surface area contributed by atoms with Crippen molar-refractivity contribution < 1.29 is 13.6 Å². The van der Waals surface area contributed by atoms with Crippen molar-refractivity contribution >= 4 is 5.91 Å². The number of likely N-dealkylation sites (tertiary alicyclic amines) is 1. The van der Waals surface area contributed by atoms with Crippen molar-refractivity contribution in [2.75, 3.05) is 13.1 Å². The number of aromatic amines is 1. The summed E-state index contributed by atoms with van der Waals surface area (Å²) >= 11 is 0. The quantitative estimate of drug-likeness (QED) is 0.882. The number of hydrogen-bond donors (Lipinski definition) is 1. The molecular formula is C17H19F2N5O2. The van der Waals surface area contributed by atoms with Crippen LogP contribution in [0.4, 0.5) is 8.78 Å². The largest absolute Gasteiger partial charge is 0.336 e. The number of piperidine rings is 1. The topological polar surface area (TPSA) is 83.9 Å². The minimum Gasteiger partial charge on any atom is -0.336 e. The van der Waals surface area contributed by atoms with Gasteiger partial charge in [0.25, 0.3) is 11.5 Å². The van der Waals surface area contributed by atoms with Crippen LogP contribution in [0.2, 0.25) is 0 Å². The molecule has 0 saturated carbocycles. The number of halogens is 2. The summed E-state index contributed by atoms with van der Waals surface area (Å²) in [5.74, 6) is 0.202. The number of aryl methyl sites for hydroxylation is 1. The molecule has 1 unspecified atom stereocenters. The maximum atomic E-state index is 12.7. The van der Waals surface area contributed by atoms with Gasteiger partial charge in [-0.1, -0.05) is 0 Å². The second-order valence-corrected chi connectivity index (χ2v) is 7.05. The average molecular weight is 363 g/mol. The van der Waals surface area contributed by atoms with Gasteiger partial charge in [0.15, 0.2) is 5.69 Å². The van der Waals surface area contributed by atoms with Gasteiger partial charge in [-0.3, -0.25) is 9.59 Å². The summed E-state index contributed by atoms with van der Waals surface area (Å²) in [6.07, 6.45) is 4.13. The Kier molecular flexibility index (Phi) is 3.89. The van der Waals surface area contributed by atoms with Crippen molar-refractivity contribution in [1.29, 1.82) is 0 Å². The third-order valence-electron chi connectivity index (χ3n) is 5.38. The van der Waals surface area contributed by atoms with E-state index in [-0.39, 0.29) is 22.6 Å². The molecule has 1 saturated heterocycles. The molecule has 4 rings (SSSR count). The zero-order valence-electron chi connectivity index (χ0n) is 14.3. The molecule has 2 aromatic rings. The van der Waals surface area contributed by atoms with Gasteiger partial charge in [-0.2, -0.15) is 13.9 Å². The van der Waals surface area contributed by atoms with Crippen molar-refractivity contribution in [3.05, 3.63) is 45.4 Å². The molecule has 1 atom stereocenters. The predicted molar refractivity (Wildman–Crippen MR) is 88.2 cm³/mol. The van der Waals surface area contributed by atoms with E-state index < -0.39 is 6.55 Å². The van der Waals surface area contributed by atoms with Crippen LogP contribution in [0, 0.1) is 6.92 Å². The first-order valence-electron chi connectivity index (χ1n) is 8.62. The first-order valence-corrected chi connectivity index (χ1v) is 8.62. The lowest BCUT2D eigenvalue weighted by molar-refractivity contribution is 0.0534. The summed E-state index contributed by atoms with van der Waals surface area (Å²) in [4.78, 5) is 33.9. The standard InChI is InChI=1S/C17H19F2N5O2/c1-10-20-13-11(14(25)21-10)3-6-17(13)5-2-7-23(9-17)15(26)12-4-8-24(22-12)16(18)19/h4,8,16H,2-3,5-7,9H2,1H3,(H,20,21,25). The molecule has 0 radical (unpaired) electrons. The molecule has 0 aromatic carbocycles. The first-order chi connectivity index (χ1) is 12.4. The van der Waals surface area contributed by atoms with E-state index >= 15 is 0 Å². The Hall–Kier alpha value is -2.58. The highest BCUT2D eigenvalue weighted by atomic mass is 19.3. The Labute approximate surface area is 148 Å². The Morgan fingerprint density at radius 3 is 2.92 bits per heavy atom. The third-order valence-corrected chi connectivity index (χ3v) is 5.38. The fourth-order valence-electron chi connectivity index (χ4n) is 4.19. The fraction of sp³-hybridized carbons (Fsp3) is 0.529. The minimum absolute atomic E-state index is 0.00983. The molecule has 0 bridgehead atoms. The zero-order valence-corrected chi connectivity index (χ0v) is 14.3. The molecule has 2 aliphatic rings. The summed E-state index contributed by atoms with van der Waals surface area (Å²) in [5, 5.41) is 3.68. The van der Waals surface area contributed by atoms with Crippen molar-refractivity contribution in [3.63, 3.8) is 0 Å². The number of nitrogens with zero attached hydrogens (tertiary/aromatic N) is 4. The molecule has 9 heteroatoms. The second-order valence-electron chi connectivity index (χ2n) is 7.05. The number of H-pyrrole nitrogens is 1. The van der Waals surface area contributed by atoms with Gasteiger partial charge in [0.2, 0.25) is 0 Å². The van der Waals surface area contributed by atoms with Crippen LogP contribution in [0.3, 0.4) is 0 Å². The van der Waals surface area contributed by atoms with Gasteiger partial charge in [-0.25, -0.2) is 9.67 Å². The summed E-state index contributed by atoms with van der Waals surface area (Å²) < 4.78 is 25.9. The van der Waals surface area contributed by atoms with Crippen LogP contribution >= 0.6 is 0 Å². The first kappa shape index (κ1) is 16.9.